The van der Waals surface area contributed by atoms with Crippen LogP contribution in [0, 0.1) is 12.3 Å². The van der Waals surface area contributed by atoms with E-state index >= 15 is 0 Å². The fraction of sp³-hybridized carbons (Fsp3) is 0.615. The number of pyridine rings is 1. The maximum absolute atomic E-state index is 9.59. The van der Waals surface area contributed by atoms with Crippen molar-refractivity contribution < 1.29 is 5.11 Å². The van der Waals surface area contributed by atoms with E-state index in [2.05, 4.69) is 31.1 Å². The summed E-state index contributed by atoms with van der Waals surface area (Å²) in [5.41, 5.74) is 2.01. The minimum Gasteiger partial charge on any atom is -0.506 e. The molecule has 0 saturated heterocycles. The van der Waals surface area contributed by atoms with Gasteiger partial charge in [-0.25, -0.2) is 0 Å². The average molecular weight is 222 g/mol. The predicted molar refractivity (Wildman–Crippen MR) is 66.4 cm³/mol. The van der Waals surface area contributed by atoms with Gasteiger partial charge in [-0.1, -0.05) is 20.8 Å². The van der Waals surface area contributed by atoms with Gasteiger partial charge in [0.25, 0.3) is 0 Å². The van der Waals surface area contributed by atoms with Crippen LogP contribution in [-0.4, -0.2) is 16.6 Å². The average Bonchev–Trinajstić information content (AvgIpc) is 2.16. The number of aromatic nitrogens is 1. The van der Waals surface area contributed by atoms with Gasteiger partial charge in [-0.2, -0.15) is 0 Å². The van der Waals surface area contributed by atoms with E-state index in [9.17, 15) is 5.11 Å². The Hall–Kier alpha value is -1.09. The summed E-state index contributed by atoms with van der Waals surface area (Å²) < 4.78 is 0. The molecule has 0 aromatic carbocycles. The SMILES string of the molecule is Cc1ccc(O)c(CNCCC(C)(C)C)n1. The number of aromatic hydroxyl groups is 1. The third-order valence-corrected chi connectivity index (χ3v) is 2.43. The Morgan fingerprint density at radius 3 is 2.62 bits per heavy atom. The second-order valence-electron chi connectivity index (χ2n) is 5.41. The summed E-state index contributed by atoms with van der Waals surface area (Å²) in [6.45, 7) is 10.2. The number of hydrogen-bond acceptors (Lipinski definition) is 3. The molecule has 0 unspecified atom stereocenters. The first kappa shape index (κ1) is 13.0. The molecule has 3 heteroatoms. The van der Waals surface area contributed by atoms with E-state index in [1.807, 2.05) is 13.0 Å². The highest BCUT2D eigenvalue weighted by Crippen LogP contribution is 2.18. The van der Waals surface area contributed by atoms with Crippen molar-refractivity contribution in [3.8, 4) is 5.75 Å². The lowest BCUT2D eigenvalue weighted by molar-refractivity contribution is 0.365. The van der Waals surface area contributed by atoms with Gasteiger partial charge in [0.1, 0.15) is 5.75 Å². The van der Waals surface area contributed by atoms with Crippen LogP contribution < -0.4 is 5.32 Å². The fourth-order valence-electron chi connectivity index (χ4n) is 1.40. The van der Waals surface area contributed by atoms with E-state index in [-0.39, 0.29) is 5.75 Å². The van der Waals surface area contributed by atoms with Gasteiger partial charge in [0, 0.05) is 12.2 Å². The molecule has 90 valence electrons. The van der Waals surface area contributed by atoms with Crippen molar-refractivity contribution in [3.05, 3.63) is 23.5 Å². The number of rotatable bonds is 4. The van der Waals surface area contributed by atoms with Gasteiger partial charge in [0.15, 0.2) is 0 Å². The lowest BCUT2D eigenvalue weighted by Crippen LogP contribution is -2.20. The van der Waals surface area contributed by atoms with Crippen molar-refractivity contribution >= 4 is 0 Å². The second kappa shape index (κ2) is 5.30. The third-order valence-electron chi connectivity index (χ3n) is 2.43. The molecule has 16 heavy (non-hydrogen) atoms. The quantitative estimate of drug-likeness (QED) is 0.770. The first-order valence-corrected chi connectivity index (χ1v) is 5.75. The van der Waals surface area contributed by atoms with Crippen LogP contribution in [-0.2, 0) is 6.54 Å². The monoisotopic (exact) mass is 222 g/mol. The Kier molecular flexibility index (Phi) is 4.30. The molecule has 0 atom stereocenters. The van der Waals surface area contributed by atoms with Gasteiger partial charge in [0.05, 0.1) is 5.69 Å². The van der Waals surface area contributed by atoms with Crippen molar-refractivity contribution in [2.24, 2.45) is 5.41 Å². The van der Waals surface area contributed by atoms with Gasteiger partial charge < -0.3 is 10.4 Å². The summed E-state index contributed by atoms with van der Waals surface area (Å²) in [6, 6.07) is 3.51. The number of hydrogen-bond donors (Lipinski definition) is 2. The van der Waals surface area contributed by atoms with E-state index in [1.54, 1.807) is 6.07 Å². The van der Waals surface area contributed by atoms with Crippen molar-refractivity contribution in [1.82, 2.24) is 10.3 Å². The van der Waals surface area contributed by atoms with E-state index in [0.717, 1.165) is 24.4 Å². The molecule has 0 saturated carbocycles. The van der Waals surface area contributed by atoms with Gasteiger partial charge in [-0.3, -0.25) is 4.98 Å². The van der Waals surface area contributed by atoms with Crippen LogP contribution in [0.1, 0.15) is 38.6 Å². The molecule has 0 aliphatic heterocycles. The molecule has 1 rings (SSSR count). The molecule has 0 bridgehead atoms. The largest absolute Gasteiger partial charge is 0.506 e. The van der Waals surface area contributed by atoms with Gasteiger partial charge in [-0.15, -0.1) is 0 Å². The minimum absolute atomic E-state index is 0.272. The van der Waals surface area contributed by atoms with E-state index in [4.69, 9.17) is 0 Å². The van der Waals surface area contributed by atoms with Crippen LogP contribution in [0.4, 0.5) is 0 Å². The van der Waals surface area contributed by atoms with Crippen LogP contribution in [0.3, 0.4) is 0 Å². The number of nitrogens with one attached hydrogen (secondary N) is 1. The Morgan fingerprint density at radius 2 is 2.00 bits per heavy atom. The normalized spacial score (nSPS) is 11.8. The zero-order valence-corrected chi connectivity index (χ0v) is 10.7. The van der Waals surface area contributed by atoms with Crippen molar-refractivity contribution in [1.29, 1.82) is 0 Å². The Morgan fingerprint density at radius 1 is 1.31 bits per heavy atom. The van der Waals surface area contributed by atoms with Crippen molar-refractivity contribution in [2.75, 3.05) is 6.54 Å². The molecule has 1 heterocycles. The zero-order valence-electron chi connectivity index (χ0n) is 10.7. The molecule has 0 radical (unpaired) electrons. The summed E-state index contributed by atoms with van der Waals surface area (Å²) in [5.74, 6) is 0.272. The summed E-state index contributed by atoms with van der Waals surface area (Å²) in [4.78, 5) is 4.29. The van der Waals surface area contributed by atoms with E-state index in [0.29, 0.717) is 12.0 Å². The molecular weight excluding hydrogens is 200 g/mol. The van der Waals surface area contributed by atoms with Crippen molar-refractivity contribution in [2.45, 2.75) is 40.7 Å². The van der Waals surface area contributed by atoms with Crippen LogP contribution in [0.2, 0.25) is 0 Å². The molecule has 0 amide bonds. The summed E-state index contributed by atoms with van der Waals surface area (Å²) >= 11 is 0. The summed E-state index contributed by atoms with van der Waals surface area (Å²) in [6.07, 6.45) is 1.11. The predicted octanol–water partition coefficient (Wildman–Crippen LogP) is 2.62. The smallest absolute Gasteiger partial charge is 0.138 e. The van der Waals surface area contributed by atoms with Crippen LogP contribution in [0.5, 0.6) is 5.75 Å². The molecule has 0 aliphatic rings. The lowest BCUT2D eigenvalue weighted by atomic mass is 9.92. The molecule has 1 aromatic heterocycles. The molecule has 0 fully saturated rings. The van der Waals surface area contributed by atoms with Crippen LogP contribution >= 0.6 is 0 Å². The van der Waals surface area contributed by atoms with Crippen LogP contribution in [0.25, 0.3) is 0 Å². The first-order chi connectivity index (χ1) is 7.38. The maximum atomic E-state index is 9.59. The van der Waals surface area contributed by atoms with Gasteiger partial charge in [-0.05, 0) is 37.4 Å². The lowest BCUT2D eigenvalue weighted by Gasteiger charge is -2.18. The van der Waals surface area contributed by atoms with Gasteiger partial charge >= 0.3 is 0 Å². The highest BCUT2D eigenvalue weighted by atomic mass is 16.3. The number of nitrogens with zero attached hydrogens (tertiary/aromatic N) is 1. The molecule has 2 N–H and O–H groups in total. The van der Waals surface area contributed by atoms with Crippen LogP contribution in [0.15, 0.2) is 12.1 Å². The first-order valence-electron chi connectivity index (χ1n) is 5.75. The molecule has 1 aromatic rings. The Balaban J connectivity index is 2.40. The number of aryl methyl sites for hydroxylation is 1. The van der Waals surface area contributed by atoms with E-state index in [1.165, 1.54) is 0 Å². The minimum atomic E-state index is 0.272. The molecule has 0 aliphatic carbocycles. The molecule has 3 nitrogen and oxygen atoms in total. The van der Waals surface area contributed by atoms with Crippen molar-refractivity contribution in [3.63, 3.8) is 0 Å². The Labute approximate surface area is 97.9 Å². The summed E-state index contributed by atoms with van der Waals surface area (Å²) in [7, 11) is 0. The van der Waals surface area contributed by atoms with Gasteiger partial charge in [0.2, 0.25) is 0 Å². The highest BCUT2D eigenvalue weighted by molar-refractivity contribution is 5.27. The highest BCUT2D eigenvalue weighted by Gasteiger charge is 2.09. The maximum Gasteiger partial charge on any atom is 0.138 e. The fourth-order valence-corrected chi connectivity index (χ4v) is 1.40. The standard InChI is InChI=1S/C13H22N2O/c1-10-5-6-12(16)11(15-10)9-14-8-7-13(2,3)4/h5-6,14,16H,7-9H2,1-4H3. The Bertz CT molecular complexity index is 342. The summed E-state index contributed by atoms with van der Waals surface area (Å²) in [5, 5.41) is 12.9. The van der Waals surface area contributed by atoms with E-state index < -0.39 is 0 Å². The zero-order chi connectivity index (χ0) is 12.2. The second-order valence-corrected chi connectivity index (χ2v) is 5.41. The molecule has 0 spiro atoms. The molecular formula is C13H22N2O. The topological polar surface area (TPSA) is 45.1 Å². The third kappa shape index (κ3) is 4.62.